The highest BCUT2D eigenvalue weighted by molar-refractivity contribution is 5.94. The summed E-state index contributed by atoms with van der Waals surface area (Å²) in [5.41, 5.74) is 0.705. The first-order chi connectivity index (χ1) is 10.5. The number of likely N-dealkylation sites (N-methyl/N-ethyl adjacent to an activating group) is 1. The third-order valence-electron chi connectivity index (χ3n) is 3.93. The standard InChI is InChI=1S/C16H22FN3O2/c1-3-20(15-6-4-14(17)5-7-15)16(22)12-18-8-10-19(11-9-18)13(2)21/h4-7H,3,8-12H2,1-2H3. The number of hydrogen-bond acceptors (Lipinski definition) is 3. The van der Waals surface area contributed by atoms with Gasteiger partial charge < -0.3 is 9.80 Å². The van der Waals surface area contributed by atoms with Gasteiger partial charge in [0.15, 0.2) is 0 Å². The average Bonchev–Trinajstić information content (AvgIpc) is 2.50. The van der Waals surface area contributed by atoms with E-state index < -0.39 is 0 Å². The molecular weight excluding hydrogens is 285 g/mol. The van der Waals surface area contributed by atoms with Gasteiger partial charge in [-0.3, -0.25) is 14.5 Å². The normalized spacial score (nSPS) is 15.7. The number of carbonyl (C=O) groups excluding carboxylic acids is 2. The molecule has 2 amide bonds. The quantitative estimate of drug-likeness (QED) is 0.843. The maximum absolute atomic E-state index is 13.0. The Morgan fingerprint density at radius 2 is 1.73 bits per heavy atom. The van der Waals surface area contributed by atoms with Gasteiger partial charge in [0.25, 0.3) is 0 Å². The second-order valence-corrected chi connectivity index (χ2v) is 5.40. The lowest BCUT2D eigenvalue weighted by atomic mass is 10.2. The maximum atomic E-state index is 13.0. The van der Waals surface area contributed by atoms with Gasteiger partial charge >= 0.3 is 0 Å². The molecule has 6 heteroatoms. The molecule has 1 heterocycles. The summed E-state index contributed by atoms with van der Waals surface area (Å²) < 4.78 is 13.0. The van der Waals surface area contributed by atoms with Crippen LogP contribution in [-0.4, -0.2) is 60.9 Å². The summed E-state index contributed by atoms with van der Waals surface area (Å²) in [4.78, 5) is 29.2. The van der Waals surface area contributed by atoms with E-state index in [9.17, 15) is 14.0 Å². The zero-order valence-corrected chi connectivity index (χ0v) is 13.1. The molecule has 0 bridgehead atoms. The van der Waals surface area contributed by atoms with Crippen LogP contribution in [0.1, 0.15) is 13.8 Å². The summed E-state index contributed by atoms with van der Waals surface area (Å²) in [7, 11) is 0. The monoisotopic (exact) mass is 307 g/mol. The molecule has 1 aliphatic rings. The molecule has 22 heavy (non-hydrogen) atoms. The van der Waals surface area contributed by atoms with Crippen molar-refractivity contribution in [2.45, 2.75) is 13.8 Å². The van der Waals surface area contributed by atoms with Crippen molar-refractivity contribution in [3.8, 4) is 0 Å². The third-order valence-corrected chi connectivity index (χ3v) is 3.93. The molecule has 0 aromatic heterocycles. The number of amides is 2. The van der Waals surface area contributed by atoms with Gasteiger partial charge in [0.2, 0.25) is 11.8 Å². The van der Waals surface area contributed by atoms with Crippen molar-refractivity contribution in [2.24, 2.45) is 0 Å². The number of piperazine rings is 1. The molecule has 0 aliphatic carbocycles. The molecule has 5 nitrogen and oxygen atoms in total. The smallest absolute Gasteiger partial charge is 0.241 e. The van der Waals surface area contributed by atoms with Gasteiger partial charge in [-0.1, -0.05) is 0 Å². The van der Waals surface area contributed by atoms with Crippen LogP contribution in [0.3, 0.4) is 0 Å². The Kier molecular flexibility index (Phi) is 5.49. The molecule has 0 spiro atoms. The first kappa shape index (κ1) is 16.4. The Morgan fingerprint density at radius 1 is 1.14 bits per heavy atom. The van der Waals surface area contributed by atoms with E-state index in [0.717, 1.165) is 0 Å². The summed E-state index contributed by atoms with van der Waals surface area (Å²) in [6, 6.07) is 5.95. The van der Waals surface area contributed by atoms with Gasteiger partial charge in [-0.05, 0) is 31.2 Å². The fourth-order valence-corrected chi connectivity index (χ4v) is 2.62. The van der Waals surface area contributed by atoms with Crippen molar-refractivity contribution in [2.75, 3.05) is 44.2 Å². The van der Waals surface area contributed by atoms with E-state index in [4.69, 9.17) is 0 Å². The van der Waals surface area contributed by atoms with Crippen LogP contribution in [0.15, 0.2) is 24.3 Å². The number of anilines is 1. The molecular formula is C16H22FN3O2. The van der Waals surface area contributed by atoms with Crippen LogP contribution >= 0.6 is 0 Å². The predicted octanol–water partition coefficient (Wildman–Crippen LogP) is 1.34. The number of carbonyl (C=O) groups is 2. The zero-order valence-electron chi connectivity index (χ0n) is 13.1. The summed E-state index contributed by atoms with van der Waals surface area (Å²) in [5.74, 6) is -0.245. The lowest BCUT2D eigenvalue weighted by Gasteiger charge is -2.34. The molecule has 1 aromatic carbocycles. The topological polar surface area (TPSA) is 43.9 Å². The van der Waals surface area contributed by atoms with Gasteiger partial charge in [0.1, 0.15) is 5.82 Å². The summed E-state index contributed by atoms with van der Waals surface area (Å²) >= 11 is 0. The average molecular weight is 307 g/mol. The second-order valence-electron chi connectivity index (χ2n) is 5.40. The Hall–Kier alpha value is -1.95. The van der Waals surface area contributed by atoms with Crippen molar-refractivity contribution >= 4 is 17.5 Å². The summed E-state index contributed by atoms with van der Waals surface area (Å²) in [6.45, 7) is 7.03. The van der Waals surface area contributed by atoms with E-state index in [-0.39, 0.29) is 17.6 Å². The summed E-state index contributed by atoms with van der Waals surface area (Å²) in [6.07, 6.45) is 0. The Bertz CT molecular complexity index is 525. The number of benzene rings is 1. The van der Waals surface area contributed by atoms with E-state index in [0.29, 0.717) is 45.0 Å². The molecule has 2 rings (SSSR count). The number of halogens is 1. The Labute approximate surface area is 130 Å². The van der Waals surface area contributed by atoms with Gasteiger partial charge in [0.05, 0.1) is 6.54 Å². The van der Waals surface area contributed by atoms with Crippen LogP contribution < -0.4 is 4.90 Å². The SMILES string of the molecule is CCN(C(=O)CN1CCN(C(C)=O)CC1)c1ccc(F)cc1. The van der Waals surface area contributed by atoms with Crippen molar-refractivity contribution in [1.82, 2.24) is 9.80 Å². The molecule has 0 unspecified atom stereocenters. The van der Waals surface area contributed by atoms with E-state index >= 15 is 0 Å². The van der Waals surface area contributed by atoms with Crippen LogP contribution in [-0.2, 0) is 9.59 Å². The minimum absolute atomic E-state index is 0.00890. The van der Waals surface area contributed by atoms with Gasteiger partial charge in [-0.25, -0.2) is 4.39 Å². The van der Waals surface area contributed by atoms with E-state index in [1.807, 2.05) is 11.8 Å². The highest BCUT2D eigenvalue weighted by atomic mass is 19.1. The predicted molar refractivity (Wildman–Crippen MR) is 83.1 cm³/mol. The molecule has 1 saturated heterocycles. The fourth-order valence-electron chi connectivity index (χ4n) is 2.62. The number of hydrogen-bond donors (Lipinski definition) is 0. The fraction of sp³-hybridized carbons (Fsp3) is 0.500. The van der Waals surface area contributed by atoms with Crippen molar-refractivity contribution in [3.05, 3.63) is 30.1 Å². The second kappa shape index (κ2) is 7.35. The lowest BCUT2D eigenvalue weighted by molar-refractivity contribution is -0.130. The molecule has 0 atom stereocenters. The Morgan fingerprint density at radius 3 is 2.23 bits per heavy atom. The Balaban J connectivity index is 1.93. The lowest BCUT2D eigenvalue weighted by Crippen LogP contribution is -2.51. The van der Waals surface area contributed by atoms with Crippen LogP contribution in [0.2, 0.25) is 0 Å². The van der Waals surface area contributed by atoms with Gasteiger partial charge in [-0.15, -0.1) is 0 Å². The van der Waals surface area contributed by atoms with Gasteiger partial charge in [0, 0.05) is 45.3 Å². The maximum Gasteiger partial charge on any atom is 0.241 e. The van der Waals surface area contributed by atoms with Crippen molar-refractivity contribution in [1.29, 1.82) is 0 Å². The van der Waals surface area contributed by atoms with Crippen molar-refractivity contribution in [3.63, 3.8) is 0 Å². The zero-order chi connectivity index (χ0) is 16.1. The van der Waals surface area contributed by atoms with E-state index in [1.165, 1.54) is 12.1 Å². The number of nitrogens with zero attached hydrogens (tertiary/aromatic N) is 3. The highest BCUT2D eigenvalue weighted by Crippen LogP contribution is 2.15. The van der Waals surface area contributed by atoms with Crippen LogP contribution in [0.4, 0.5) is 10.1 Å². The number of rotatable bonds is 4. The van der Waals surface area contributed by atoms with Crippen LogP contribution in [0.5, 0.6) is 0 Å². The molecule has 120 valence electrons. The first-order valence-corrected chi connectivity index (χ1v) is 7.55. The molecule has 0 radical (unpaired) electrons. The largest absolute Gasteiger partial charge is 0.340 e. The minimum atomic E-state index is -0.312. The van der Waals surface area contributed by atoms with E-state index in [2.05, 4.69) is 0 Å². The molecule has 0 saturated carbocycles. The van der Waals surface area contributed by atoms with E-state index in [1.54, 1.807) is 28.9 Å². The van der Waals surface area contributed by atoms with Crippen molar-refractivity contribution < 1.29 is 14.0 Å². The minimum Gasteiger partial charge on any atom is -0.340 e. The third kappa shape index (κ3) is 4.04. The van der Waals surface area contributed by atoms with Gasteiger partial charge in [-0.2, -0.15) is 0 Å². The first-order valence-electron chi connectivity index (χ1n) is 7.55. The molecule has 1 aromatic rings. The summed E-state index contributed by atoms with van der Waals surface area (Å²) in [5, 5.41) is 0. The van der Waals surface area contributed by atoms with Crippen LogP contribution in [0.25, 0.3) is 0 Å². The molecule has 0 N–H and O–H groups in total. The molecule has 1 fully saturated rings. The molecule has 1 aliphatic heterocycles. The van der Waals surface area contributed by atoms with Crippen LogP contribution in [0, 0.1) is 5.82 Å². The highest BCUT2D eigenvalue weighted by Gasteiger charge is 2.22.